The van der Waals surface area contributed by atoms with E-state index in [-0.39, 0.29) is 18.6 Å². The van der Waals surface area contributed by atoms with Gasteiger partial charge in [-0.1, -0.05) is 0 Å². The third kappa shape index (κ3) is 4.30. The molecule has 2 aliphatic carbocycles. The van der Waals surface area contributed by atoms with Crippen LogP contribution < -0.4 is 4.74 Å². The number of benzene rings is 1. The molecule has 2 N–H and O–H groups in total. The van der Waals surface area contributed by atoms with Crippen molar-refractivity contribution in [2.45, 2.75) is 36.2 Å². The van der Waals surface area contributed by atoms with Gasteiger partial charge < -0.3 is 19.3 Å². The summed E-state index contributed by atoms with van der Waals surface area (Å²) >= 11 is 0. The molecule has 38 heavy (non-hydrogen) atoms. The van der Waals surface area contributed by atoms with E-state index in [2.05, 4.69) is 9.47 Å². The van der Waals surface area contributed by atoms with Crippen LogP contribution in [0.4, 0.5) is 35.1 Å². The minimum Gasteiger partial charge on any atom is -0.507 e. The highest BCUT2D eigenvalue weighted by Gasteiger charge is 2.71. The minimum atomic E-state index is -6.30. The Hall–Kier alpha value is -3.22. The Morgan fingerprint density at radius 1 is 0.974 bits per heavy atom. The maximum atomic E-state index is 13.7. The predicted octanol–water partition coefficient (Wildman–Crippen LogP) is 2.54. The van der Waals surface area contributed by atoms with E-state index in [4.69, 9.17) is 9.29 Å². The lowest BCUT2D eigenvalue weighted by Crippen LogP contribution is -2.48. The minimum absolute atomic E-state index is 0.115. The zero-order valence-corrected chi connectivity index (χ0v) is 18.7. The Labute approximate surface area is 205 Å². The molecule has 6 atom stereocenters. The summed E-state index contributed by atoms with van der Waals surface area (Å²) in [5.41, 5.74) is -4.41. The Kier molecular flexibility index (Phi) is 6.14. The van der Waals surface area contributed by atoms with Crippen LogP contribution in [0.3, 0.4) is 0 Å². The molecule has 2 saturated carbocycles. The number of fused-ring (bicyclic) bond motifs is 1. The van der Waals surface area contributed by atoms with Crippen LogP contribution in [0.5, 0.6) is 11.5 Å². The van der Waals surface area contributed by atoms with Crippen LogP contribution in [0, 0.1) is 23.7 Å². The maximum absolute atomic E-state index is 13.7. The van der Waals surface area contributed by atoms with Gasteiger partial charge in [-0.05, 0) is 18.6 Å². The van der Waals surface area contributed by atoms with Gasteiger partial charge >= 0.3 is 45.6 Å². The first-order valence-corrected chi connectivity index (χ1v) is 11.6. The molecule has 0 aromatic heterocycles. The lowest BCUT2D eigenvalue weighted by Gasteiger charge is -2.30. The second kappa shape index (κ2) is 8.39. The summed E-state index contributed by atoms with van der Waals surface area (Å²) in [6.45, 7) is 0. The highest BCUT2D eigenvalue weighted by atomic mass is 32.2. The molecule has 1 aliphatic heterocycles. The number of carbonyl (C=O) groups excluding carboxylic acids is 3. The van der Waals surface area contributed by atoms with E-state index >= 15 is 0 Å². The Bertz CT molecular complexity index is 1290. The fraction of sp³-hybridized carbons (Fsp3) is 0.526. The average molecular weight is 584 g/mol. The highest BCUT2D eigenvalue weighted by Crippen LogP contribution is 2.59. The van der Waals surface area contributed by atoms with Crippen molar-refractivity contribution in [3.63, 3.8) is 0 Å². The Morgan fingerprint density at radius 3 is 1.97 bits per heavy atom. The smallest absolute Gasteiger partial charge is 0.465 e. The summed E-state index contributed by atoms with van der Waals surface area (Å²) in [6, 6.07) is -0.231. The topological polar surface area (TPSA) is 154 Å². The molecule has 10 nitrogen and oxygen atoms in total. The molecule has 210 valence electrons. The Morgan fingerprint density at radius 2 is 1.50 bits per heavy atom. The molecule has 6 unspecified atom stereocenters. The van der Waals surface area contributed by atoms with Gasteiger partial charge in [0.15, 0.2) is 0 Å². The highest BCUT2D eigenvalue weighted by molar-refractivity contribution is 7.87. The number of rotatable bonds is 5. The summed E-state index contributed by atoms with van der Waals surface area (Å²) < 4.78 is 151. The summed E-state index contributed by atoms with van der Waals surface area (Å²) in [5.74, 6) is -14.6. The first-order valence-electron chi connectivity index (χ1n) is 10.2. The molecule has 0 radical (unpaired) electrons. The van der Waals surface area contributed by atoms with Crippen LogP contribution >= 0.6 is 0 Å². The number of alkyl halides is 8. The molecule has 0 spiro atoms. The van der Waals surface area contributed by atoms with Crippen LogP contribution in [0.1, 0.15) is 17.5 Å². The molecule has 2 bridgehead atoms. The van der Waals surface area contributed by atoms with E-state index < -0.39 is 104 Å². The number of phenolic OH excluding ortho intramolecular Hbond substituents is 1. The van der Waals surface area contributed by atoms with Gasteiger partial charge in [0.2, 0.25) is 0 Å². The number of hydrogen-bond donors (Lipinski definition) is 2. The zero-order chi connectivity index (χ0) is 28.7. The van der Waals surface area contributed by atoms with E-state index in [0.717, 1.165) is 0 Å². The summed E-state index contributed by atoms with van der Waals surface area (Å²) in [7, 11) is -6.30. The number of halogens is 8. The second-order valence-corrected chi connectivity index (χ2v) is 10.1. The lowest BCUT2D eigenvalue weighted by atomic mass is 9.78. The quantitative estimate of drug-likeness (QED) is 0.229. The zero-order valence-electron chi connectivity index (χ0n) is 17.9. The predicted molar refractivity (Wildman–Crippen MR) is 98.6 cm³/mol. The normalized spacial score (nSPS) is 28.8. The van der Waals surface area contributed by atoms with Crippen LogP contribution in [0.2, 0.25) is 0 Å². The number of ether oxygens (including phenoxy) is 3. The van der Waals surface area contributed by atoms with E-state index in [1.54, 1.807) is 0 Å². The third-order valence-electron chi connectivity index (χ3n) is 6.54. The largest absolute Gasteiger partial charge is 0.507 e. The van der Waals surface area contributed by atoms with Crippen molar-refractivity contribution in [2.75, 3.05) is 0 Å². The summed E-state index contributed by atoms with van der Waals surface area (Å²) in [6.07, 6.45) is -14.6. The van der Waals surface area contributed by atoms with Crippen molar-refractivity contribution >= 4 is 28.0 Å². The molecular weight excluding hydrogens is 572 g/mol. The number of aromatic hydroxyl groups is 1. The van der Waals surface area contributed by atoms with Crippen molar-refractivity contribution in [3.05, 3.63) is 23.3 Å². The average Bonchev–Trinajstić information content (AvgIpc) is 3.36. The van der Waals surface area contributed by atoms with Crippen LogP contribution in [0.15, 0.2) is 12.1 Å². The number of phenols is 1. The van der Waals surface area contributed by atoms with E-state index in [0.29, 0.717) is 0 Å². The van der Waals surface area contributed by atoms with Gasteiger partial charge in [0.1, 0.15) is 34.8 Å². The van der Waals surface area contributed by atoms with Gasteiger partial charge in [-0.15, -0.1) is 0 Å². The number of esters is 3. The maximum Gasteiger partial charge on any atom is 0.465 e. The van der Waals surface area contributed by atoms with Gasteiger partial charge in [-0.2, -0.15) is 43.5 Å². The molecule has 1 saturated heterocycles. The fourth-order valence-electron chi connectivity index (χ4n) is 5.05. The van der Waals surface area contributed by atoms with E-state index in [1.165, 1.54) is 0 Å². The van der Waals surface area contributed by atoms with Crippen molar-refractivity contribution in [1.82, 2.24) is 0 Å². The van der Waals surface area contributed by atoms with Crippen molar-refractivity contribution in [1.29, 1.82) is 0 Å². The van der Waals surface area contributed by atoms with Gasteiger partial charge in [0, 0.05) is 11.8 Å². The number of hydrogen-bond acceptors (Lipinski definition) is 9. The molecule has 1 aromatic rings. The molecule has 3 fully saturated rings. The number of carbonyl (C=O) groups is 3. The van der Waals surface area contributed by atoms with Crippen LogP contribution in [-0.2, 0) is 46.3 Å². The van der Waals surface area contributed by atoms with Gasteiger partial charge in [-0.3, -0.25) is 14.1 Å². The molecule has 1 aromatic carbocycles. The monoisotopic (exact) mass is 584 g/mol. The molecular formula is C19H12F8O10S. The van der Waals surface area contributed by atoms with Crippen molar-refractivity contribution < 1.29 is 81.8 Å². The third-order valence-corrected chi connectivity index (χ3v) is 7.35. The Balaban J connectivity index is 1.65. The van der Waals surface area contributed by atoms with Crippen molar-refractivity contribution in [2.24, 2.45) is 23.7 Å². The van der Waals surface area contributed by atoms with Gasteiger partial charge in [0.25, 0.3) is 0 Å². The first-order chi connectivity index (χ1) is 17.2. The molecule has 4 rings (SSSR count). The summed E-state index contributed by atoms with van der Waals surface area (Å²) in [4.78, 5) is 36.9. The molecule has 3 aliphatic rings. The summed E-state index contributed by atoms with van der Waals surface area (Å²) in [5, 5.41) is 4.01. The molecule has 19 heteroatoms. The van der Waals surface area contributed by atoms with E-state index in [1.807, 2.05) is 0 Å². The van der Waals surface area contributed by atoms with Crippen molar-refractivity contribution in [3.8, 4) is 11.5 Å². The SMILES string of the molecule is O=C1OC2C3CC(C2OC(=O)C(F)(F)S(=O)(=O)O)C(C(=O)Oc2cc(C(F)(F)F)c(O)c(C(F)(F)F)c2)C13. The van der Waals surface area contributed by atoms with Gasteiger partial charge in [0.05, 0.1) is 11.8 Å². The second-order valence-electron chi connectivity index (χ2n) is 8.66. The molecule has 1 heterocycles. The standard InChI is InChI=1S/C19H12F8O10S/c20-17(21,22)7-1-4(2-8(11(7)28)18(23,24)25)35-14(29)9-6-3-5-10(9)15(30)36-12(5)13(6)37-16(31)19(26,27)38(32,33)34/h1-2,5-6,9-10,12-13,28H,3H2,(H,32,33,34). The molecule has 0 amide bonds. The lowest BCUT2D eigenvalue weighted by molar-refractivity contribution is -0.178. The van der Waals surface area contributed by atoms with Crippen LogP contribution in [-0.4, -0.2) is 53.4 Å². The van der Waals surface area contributed by atoms with Crippen LogP contribution in [0.25, 0.3) is 0 Å². The first kappa shape index (κ1) is 27.8. The fourth-order valence-corrected chi connectivity index (χ4v) is 5.31. The van der Waals surface area contributed by atoms with E-state index in [9.17, 15) is 63.0 Å². The van der Waals surface area contributed by atoms with Gasteiger partial charge in [-0.25, -0.2) is 4.79 Å².